The molecule has 0 aromatic heterocycles. The number of aryl methyl sites for hydroxylation is 1. The summed E-state index contributed by atoms with van der Waals surface area (Å²) in [5, 5.41) is 2.98. The van der Waals surface area contributed by atoms with E-state index in [1.54, 1.807) is 6.07 Å². The molecule has 0 aliphatic carbocycles. The first-order valence-corrected chi connectivity index (χ1v) is 6.89. The van der Waals surface area contributed by atoms with Crippen LogP contribution >= 0.6 is 0 Å². The second-order valence-corrected chi connectivity index (χ2v) is 5.17. The molecule has 1 heterocycles. The lowest BCUT2D eigenvalue weighted by atomic mass is 9.96. The number of rotatable bonds is 4. The molecule has 1 amide bonds. The number of nitrogens with two attached hydrogens (primary N) is 1. The first kappa shape index (κ1) is 13.9. The number of benzene rings is 1. The Labute approximate surface area is 114 Å². The van der Waals surface area contributed by atoms with Crippen molar-refractivity contribution < 1.29 is 9.53 Å². The summed E-state index contributed by atoms with van der Waals surface area (Å²) < 4.78 is 5.32. The maximum Gasteiger partial charge on any atom is 0.251 e. The number of nitrogen functional groups attached to an aromatic ring is 1. The molecule has 4 nitrogen and oxygen atoms in total. The molecule has 104 valence electrons. The molecule has 0 unspecified atom stereocenters. The first-order chi connectivity index (χ1) is 9.16. The van der Waals surface area contributed by atoms with Gasteiger partial charge in [-0.2, -0.15) is 0 Å². The van der Waals surface area contributed by atoms with E-state index < -0.39 is 0 Å². The van der Waals surface area contributed by atoms with Crippen LogP contribution < -0.4 is 11.1 Å². The average Bonchev–Trinajstić information content (AvgIpc) is 2.42. The third-order valence-corrected chi connectivity index (χ3v) is 3.69. The van der Waals surface area contributed by atoms with Gasteiger partial charge in [-0.1, -0.05) is 6.07 Å². The van der Waals surface area contributed by atoms with Crippen LogP contribution in [-0.4, -0.2) is 25.7 Å². The Hall–Kier alpha value is -1.55. The van der Waals surface area contributed by atoms with Crippen molar-refractivity contribution in [2.75, 3.05) is 25.5 Å². The molecule has 2 rings (SSSR count). The maximum atomic E-state index is 12.1. The van der Waals surface area contributed by atoms with Crippen molar-refractivity contribution in [3.8, 4) is 0 Å². The number of ether oxygens (including phenoxy) is 1. The van der Waals surface area contributed by atoms with Crippen LogP contribution in [0.3, 0.4) is 0 Å². The zero-order valence-corrected chi connectivity index (χ0v) is 11.4. The van der Waals surface area contributed by atoms with Crippen LogP contribution in [0.1, 0.15) is 35.2 Å². The molecule has 1 aromatic rings. The van der Waals surface area contributed by atoms with Crippen LogP contribution in [0.5, 0.6) is 0 Å². The van der Waals surface area contributed by atoms with E-state index in [-0.39, 0.29) is 5.91 Å². The molecule has 0 radical (unpaired) electrons. The predicted molar refractivity (Wildman–Crippen MR) is 76.1 cm³/mol. The second-order valence-electron chi connectivity index (χ2n) is 5.17. The normalized spacial score (nSPS) is 16.3. The highest BCUT2D eigenvalue weighted by molar-refractivity contribution is 5.96. The number of carbonyl (C=O) groups is 1. The zero-order valence-electron chi connectivity index (χ0n) is 11.4. The highest BCUT2D eigenvalue weighted by Crippen LogP contribution is 2.18. The monoisotopic (exact) mass is 262 g/mol. The highest BCUT2D eigenvalue weighted by Gasteiger charge is 2.14. The van der Waals surface area contributed by atoms with E-state index in [4.69, 9.17) is 10.5 Å². The van der Waals surface area contributed by atoms with E-state index in [1.807, 2.05) is 19.1 Å². The quantitative estimate of drug-likeness (QED) is 0.817. The third kappa shape index (κ3) is 3.96. The van der Waals surface area contributed by atoms with Gasteiger partial charge >= 0.3 is 0 Å². The largest absolute Gasteiger partial charge is 0.399 e. The van der Waals surface area contributed by atoms with Gasteiger partial charge in [-0.05, 0) is 49.8 Å². The van der Waals surface area contributed by atoms with Gasteiger partial charge in [0, 0.05) is 31.0 Å². The molecule has 1 fully saturated rings. The Kier molecular flexibility index (Phi) is 4.80. The minimum atomic E-state index is -0.0307. The van der Waals surface area contributed by atoms with Gasteiger partial charge in [-0.15, -0.1) is 0 Å². The van der Waals surface area contributed by atoms with Crippen molar-refractivity contribution >= 4 is 11.6 Å². The second kappa shape index (κ2) is 6.57. The van der Waals surface area contributed by atoms with Gasteiger partial charge in [0.1, 0.15) is 0 Å². The van der Waals surface area contributed by atoms with Crippen LogP contribution in [0.4, 0.5) is 5.69 Å². The van der Waals surface area contributed by atoms with Gasteiger partial charge in [0.2, 0.25) is 0 Å². The minimum Gasteiger partial charge on any atom is -0.399 e. The summed E-state index contributed by atoms with van der Waals surface area (Å²) >= 11 is 0. The van der Waals surface area contributed by atoms with Crippen LogP contribution in [0.2, 0.25) is 0 Å². The van der Waals surface area contributed by atoms with E-state index in [1.165, 1.54) is 0 Å². The number of carbonyl (C=O) groups excluding carboxylic acids is 1. The Bertz CT molecular complexity index is 440. The summed E-state index contributed by atoms with van der Waals surface area (Å²) in [6, 6.07) is 5.43. The Balaban J connectivity index is 1.82. The molecule has 0 spiro atoms. The average molecular weight is 262 g/mol. The number of hydrogen-bond donors (Lipinski definition) is 2. The van der Waals surface area contributed by atoms with Crippen molar-refractivity contribution in [2.45, 2.75) is 26.2 Å². The lowest BCUT2D eigenvalue weighted by molar-refractivity contribution is 0.0636. The van der Waals surface area contributed by atoms with Crippen molar-refractivity contribution in [2.24, 2.45) is 5.92 Å². The molecule has 0 saturated carbocycles. The summed E-state index contributed by atoms with van der Waals surface area (Å²) in [5.74, 6) is 0.646. The summed E-state index contributed by atoms with van der Waals surface area (Å²) in [6.45, 7) is 4.35. The van der Waals surface area contributed by atoms with Crippen LogP contribution in [0.25, 0.3) is 0 Å². The Morgan fingerprint density at radius 1 is 1.42 bits per heavy atom. The molecule has 1 aliphatic heterocycles. The summed E-state index contributed by atoms with van der Waals surface area (Å²) in [6.07, 6.45) is 3.23. The maximum absolute atomic E-state index is 12.1. The van der Waals surface area contributed by atoms with Crippen molar-refractivity contribution in [1.82, 2.24) is 5.32 Å². The van der Waals surface area contributed by atoms with Crippen LogP contribution in [0, 0.1) is 12.8 Å². The van der Waals surface area contributed by atoms with Gasteiger partial charge in [0.25, 0.3) is 5.91 Å². The summed E-state index contributed by atoms with van der Waals surface area (Å²) in [4.78, 5) is 12.1. The van der Waals surface area contributed by atoms with Crippen molar-refractivity contribution in [1.29, 1.82) is 0 Å². The first-order valence-electron chi connectivity index (χ1n) is 6.89. The van der Waals surface area contributed by atoms with E-state index in [2.05, 4.69) is 5.32 Å². The van der Waals surface area contributed by atoms with Crippen LogP contribution in [-0.2, 0) is 4.74 Å². The lowest BCUT2D eigenvalue weighted by Crippen LogP contribution is -2.28. The van der Waals surface area contributed by atoms with E-state index >= 15 is 0 Å². The smallest absolute Gasteiger partial charge is 0.251 e. The fourth-order valence-electron chi connectivity index (χ4n) is 2.40. The topological polar surface area (TPSA) is 64.4 Å². The summed E-state index contributed by atoms with van der Waals surface area (Å²) in [5.41, 5.74) is 7.97. The Morgan fingerprint density at radius 2 is 2.16 bits per heavy atom. The molecule has 19 heavy (non-hydrogen) atoms. The van der Waals surface area contributed by atoms with Gasteiger partial charge in [-0.25, -0.2) is 0 Å². The van der Waals surface area contributed by atoms with E-state index in [0.29, 0.717) is 17.2 Å². The zero-order chi connectivity index (χ0) is 13.7. The number of nitrogens with one attached hydrogen (secondary N) is 1. The molecule has 0 bridgehead atoms. The minimum absolute atomic E-state index is 0.0307. The van der Waals surface area contributed by atoms with Crippen LogP contribution in [0.15, 0.2) is 18.2 Å². The number of anilines is 1. The molecule has 0 atom stereocenters. The molecule has 4 heteroatoms. The number of hydrogen-bond acceptors (Lipinski definition) is 3. The van der Waals surface area contributed by atoms with Gasteiger partial charge in [0.05, 0.1) is 0 Å². The third-order valence-electron chi connectivity index (χ3n) is 3.69. The van der Waals surface area contributed by atoms with Gasteiger partial charge in [0.15, 0.2) is 0 Å². The van der Waals surface area contributed by atoms with Gasteiger partial charge in [-0.3, -0.25) is 4.79 Å². The molecule has 1 aliphatic rings. The van der Waals surface area contributed by atoms with Crippen molar-refractivity contribution in [3.63, 3.8) is 0 Å². The van der Waals surface area contributed by atoms with Crippen molar-refractivity contribution in [3.05, 3.63) is 29.3 Å². The lowest BCUT2D eigenvalue weighted by Gasteiger charge is -2.21. The van der Waals surface area contributed by atoms with E-state index in [9.17, 15) is 4.79 Å². The SMILES string of the molecule is Cc1ccc(N)cc1C(=O)NCCC1CCOCC1. The fraction of sp³-hybridized carbons (Fsp3) is 0.533. The predicted octanol–water partition coefficient (Wildman–Crippen LogP) is 2.12. The Morgan fingerprint density at radius 3 is 2.89 bits per heavy atom. The summed E-state index contributed by atoms with van der Waals surface area (Å²) in [7, 11) is 0. The molecular formula is C15H22N2O2. The molecular weight excluding hydrogens is 240 g/mol. The number of amides is 1. The molecule has 3 N–H and O–H groups in total. The highest BCUT2D eigenvalue weighted by atomic mass is 16.5. The standard InChI is InChI=1S/C15H22N2O2/c1-11-2-3-13(16)10-14(11)15(18)17-7-4-12-5-8-19-9-6-12/h2-3,10,12H,4-9,16H2,1H3,(H,17,18). The molecule has 1 aromatic carbocycles. The van der Waals surface area contributed by atoms with E-state index in [0.717, 1.165) is 44.6 Å². The fourth-order valence-corrected chi connectivity index (χ4v) is 2.40. The molecule has 1 saturated heterocycles. The van der Waals surface area contributed by atoms with Gasteiger partial charge < -0.3 is 15.8 Å².